The topological polar surface area (TPSA) is 115 Å². The summed E-state index contributed by atoms with van der Waals surface area (Å²) in [7, 11) is -3.95. The Balaban J connectivity index is 3.19. The Hall–Kier alpha value is -1.67. The zero-order chi connectivity index (χ0) is 15.5. The van der Waals surface area contributed by atoms with Crippen molar-refractivity contribution >= 4 is 21.4 Å². The number of nitro groups is 1. The van der Waals surface area contributed by atoms with E-state index in [-0.39, 0.29) is 22.5 Å². The third kappa shape index (κ3) is 3.67. The largest absolute Gasteiger partial charge is 0.399 e. The number of nitrogen functional groups attached to an aromatic ring is 1. The molecule has 0 aliphatic heterocycles. The average molecular weight is 301 g/mol. The van der Waals surface area contributed by atoms with Gasteiger partial charge in [-0.15, -0.1) is 0 Å². The fraction of sp³-hybridized carbons (Fsp3) is 0.500. The SMILES string of the molecule is CCC(C)C(C)NS(=O)(=O)c1ccc(N)cc1[N+](=O)[O-]. The molecule has 0 fully saturated rings. The van der Waals surface area contributed by atoms with E-state index in [2.05, 4.69) is 4.72 Å². The second-order valence-corrected chi connectivity index (χ2v) is 6.46. The summed E-state index contributed by atoms with van der Waals surface area (Å²) in [4.78, 5) is 9.83. The number of nitrogens with one attached hydrogen (secondary N) is 1. The summed E-state index contributed by atoms with van der Waals surface area (Å²) < 4.78 is 27.0. The van der Waals surface area contributed by atoms with E-state index in [1.54, 1.807) is 6.92 Å². The lowest BCUT2D eigenvalue weighted by Gasteiger charge is -2.19. The van der Waals surface area contributed by atoms with Crippen LogP contribution in [0.25, 0.3) is 0 Å². The highest BCUT2D eigenvalue weighted by molar-refractivity contribution is 7.89. The van der Waals surface area contributed by atoms with Crippen molar-refractivity contribution in [2.75, 3.05) is 5.73 Å². The van der Waals surface area contributed by atoms with Gasteiger partial charge in [0.25, 0.3) is 5.69 Å². The maximum Gasteiger partial charge on any atom is 0.291 e. The number of sulfonamides is 1. The Morgan fingerprint density at radius 2 is 2.00 bits per heavy atom. The average Bonchev–Trinajstić information content (AvgIpc) is 2.36. The molecule has 0 radical (unpaired) electrons. The van der Waals surface area contributed by atoms with Gasteiger partial charge in [0.2, 0.25) is 10.0 Å². The number of rotatable bonds is 6. The number of nitrogens with two attached hydrogens (primary N) is 1. The first-order valence-electron chi connectivity index (χ1n) is 6.25. The van der Waals surface area contributed by atoms with Gasteiger partial charge in [0.05, 0.1) is 4.92 Å². The molecule has 1 aromatic rings. The standard InChI is InChI=1S/C12H19N3O4S/c1-4-8(2)9(3)14-20(18,19)12-6-5-10(13)7-11(12)15(16)17/h5-9,14H,4,13H2,1-3H3. The summed E-state index contributed by atoms with van der Waals surface area (Å²) in [5.41, 5.74) is 5.08. The van der Waals surface area contributed by atoms with Crippen LogP contribution in [0.4, 0.5) is 11.4 Å². The number of benzene rings is 1. The first kappa shape index (κ1) is 16.4. The minimum absolute atomic E-state index is 0.123. The van der Waals surface area contributed by atoms with Gasteiger partial charge in [-0.3, -0.25) is 10.1 Å². The summed E-state index contributed by atoms with van der Waals surface area (Å²) in [6.45, 7) is 5.58. The Labute approximate surface area is 118 Å². The first-order valence-corrected chi connectivity index (χ1v) is 7.73. The lowest BCUT2D eigenvalue weighted by molar-refractivity contribution is -0.387. The number of hydrogen-bond donors (Lipinski definition) is 2. The van der Waals surface area contributed by atoms with E-state index < -0.39 is 20.6 Å². The molecule has 0 aromatic heterocycles. The van der Waals surface area contributed by atoms with E-state index >= 15 is 0 Å². The van der Waals surface area contributed by atoms with Gasteiger partial charge in [-0.1, -0.05) is 20.3 Å². The molecule has 0 spiro atoms. The predicted molar refractivity (Wildman–Crippen MR) is 76.7 cm³/mol. The highest BCUT2D eigenvalue weighted by Gasteiger charge is 2.28. The van der Waals surface area contributed by atoms with Gasteiger partial charge >= 0.3 is 0 Å². The number of nitro benzene ring substituents is 1. The molecule has 0 bridgehead atoms. The van der Waals surface area contributed by atoms with Gasteiger partial charge in [0.15, 0.2) is 4.90 Å². The molecular weight excluding hydrogens is 282 g/mol. The fourth-order valence-electron chi connectivity index (χ4n) is 1.68. The molecule has 0 saturated heterocycles. The lowest BCUT2D eigenvalue weighted by Crippen LogP contribution is -2.37. The second-order valence-electron chi connectivity index (χ2n) is 4.78. The van der Waals surface area contributed by atoms with E-state index in [0.717, 1.165) is 18.6 Å². The van der Waals surface area contributed by atoms with Crippen molar-refractivity contribution in [2.45, 2.75) is 38.1 Å². The molecule has 0 heterocycles. The van der Waals surface area contributed by atoms with Crippen LogP contribution in [-0.2, 0) is 10.0 Å². The van der Waals surface area contributed by atoms with Crippen LogP contribution >= 0.6 is 0 Å². The van der Waals surface area contributed by atoms with Crippen molar-refractivity contribution in [3.05, 3.63) is 28.3 Å². The van der Waals surface area contributed by atoms with Crippen LogP contribution < -0.4 is 10.5 Å². The Morgan fingerprint density at radius 3 is 2.50 bits per heavy atom. The van der Waals surface area contributed by atoms with E-state index in [9.17, 15) is 18.5 Å². The molecule has 112 valence electrons. The number of anilines is 1. The molecule has 2 unspecified atom stereocenters. The quantitative estimate of drug-likeness (QED) is 0.473. The zero-order valence-electron chi connectivity index (χ0n) is 11.7. The molecule has 0 saturated carbocycles. The van der Waals surface area contributed by atoms with Gasteiger partial charge < -0.3 is 5.73 Å². The first-order chi connectivity index (χ1) is 9.19. The van der Waals surface area contributed by atoms with Crippen molar-refractivity contribution in [1.29, 1.82) is 0 Å². The van der Waals surface area contributed by atoms with E-state index in [0.29, 0.717) is 0 Å². The molecule has 0 aliphatic carbocycles. The number of nitrogens with zero attached hydrogens (tertiary/aromatic N) is 1. The summed E-state index contributed by atoms with van der Waals surface area (Å²) in [6.07, 6.45) is 0.799. The van der Waals surface area contributed by atoms with E-state index in [1.165, 1.54) is 6.07 Å². The van der Waals surface area contributed by atoms with Crippen molar-refractivity contribution < 1.29 is 13.3 Å². The monoisotopic (exact) mass is 301 g/mol. The third-order valence-electron chi connectivity index (χ3n) is 3.31. The molecule has 1 rings (SSSR count). The van der Waals surface area contributed by atoms with Crippen LogP contribution in [0.15, 0.2) is 23.1 Å². The van der Waals surface area contributed by atoms with Gasteiger partial charge in [0, 0.05) is 17.8 Å². The predicted octanol–water partition coefficient (Wildman–Crippen LogP) is 1.89. The summed E-state index contributed by atoms with van der Waals surface area (Å²) in [5.74, 6) is 0.123. The number of hydrogen-bond acceptors (Lipinski definition) is 5. The Morgan fingerprint density at radius 1 is 1.40 bits per heavy atom. The Kier molecular flexibility index (Phi) is 5.07. The van der Waals surface area contributed by atoms with Crippen LogP contribution in [0.1, 0.15) is 27.2 Å². The van der Waals surface area contributed by atoms with Crippen LogP contribution in [0.2, 0.25) is 0 Å². The minimum Gasteiger partial charge on any atom is -0.399 e. The molecule has 1 aromatic carbocycles. The third-order valence-corrected chi connectivity index (χ3v) is 4.91. The smallest absolute Gasteiger partial charge is 0.291 e. The second kappa shape index (κ2) is 6.19. The van der Waals surface area contributed by atoms with Crippen molar-refractivity contribution in [2.24, 2.45) is 5.92 Å². The summed E-state index contributed by atoms with van der Waals surface area (Å²) in [5, 5.41) is 11.0. The zero-order valence-corrected chi connectivity index (χ0v) is 12.5. The molecule has 20 heavy (non-hydrogen) atoms. The van der Waals surface area contributed by atoms with Gasteiger partial charge in [-0.2, -0.15) is 0 Å². The molecule has 7 nitrogen and oxygen atoms in total. The molecule has 2 atom stereocenters. The summed E-state index contributed by atoms with van der Waals surface area (Å²) in [6, 6.07) is 3.21. The van der Waals surface area contributed by atoms with Crippen LogP contribution in [0.5, 0.6) is 0 Å². The van der Waals surface area contributed by atoms with Crippen LogP contribution in [0, 0.1) is 16.0 Å². The van der Waals surface area contributed by atoms with E-state index in [4.69, 9.17) is 5.73 Å². The van der Waals surface area contributed by atoms with Crippen LogP contribution in [0.3, 0.4) is 0 Å². The minimum atomic E-state index is -3.95. The van der Waals surface area contributed by atoms with Gasteiger partial charge in [-0.25, -0.2) is 13.1 Å². The molecule has 0 amide bonds. The highest BCUT2D eigenvalue weighted by Crippen LogP contribution is 2.26. The maximum absolute atomic E-state index is 12.2. The lowest BCUT2D eigenvalue weighted by atomic mass is 10.0. The normalized spacial score (nSPS) is 14.8. The molecule has 0 aliphatic rings. The maximum atomic E-state index is 12.2. The van der Waals surface area contributed by atoms with Crippen molar-refractivity contribution in [3.8, 4) is 0 Å². The fourth-order valence-corrected chi connectivity index (χ4v) is 3.19. The molecule has 8 heteroatoms. The summed E-state index contributed by atoms with van der Waals surface area (Å²) >= 11 is 0. The molecule has 3 N–H and O–H groups in total. The molecular formula is C12H19N3O4S. The van der Waals surface area contributed by atoms with Crippen molar-refractivity contribution in [1.82, 2.24) is 4.72 Å². The van der Waals surface area contributed by atoms with Gasteiger partial charge in [0.1, 0.15) is 0 Å². The van der Waals surface area contributed by atoms with Crippen LogP contribution in [-0.4, -0.2) is 19.4 Å². The van der Waals surface area contributed by atoms with Gasteiger partial charge in [-0.05, 0) is 25.0 Å². The van der Waals surface area contributed by atoms with E-state index in [1.807, 2.05) is 13.8 Å². The Bertz CT molecular complexity index is 601. The van der Waals surface area contributed by atoms with Crippen molar-refractivity contribution in [3.63, 3.8) is 0 Å². The highest BCUT2D eigenvalue weighted by atomic mass is 32.2.